The first-order valence-corrected chi connectivity index (χ1v) is 12.3. The summed E-state index contributed by atoms with van der Waals surface area (Å²) in [6.45, 7) is 2.81. The number of hydrogen-bond acceptors (Lipinski definition) is 6. The van der Waals surface area contributed by atoms with E-state index in [1.807, 2.05) is 0 Å². The molecule has 0 saturated heterocycles. The average molecular weight is 480 g/mol. The molecule has 0 spiro atoms. The number of nitrogens with one attached hydrogen (secondary N) is 2. The molecule has 2 N–H and O–H groups in total. The highest BCUT2D eigenvalue weighted by Crippen LogP contribution is 2.42. The second-order valence-electron chi connectivity index (χ2n) is 9.94. The van der Waals surface area contributed by atoms with E-state index < -0.39 is 23.7 Å². The zero-order valence-corrected chi connectivity index (χ0v) is 20.0. The van der Waals surface area contributed by atoms with E-state index in [1.165, 1.54) is 26.0 Å². The van der Waals surface area contributed by atoms with Crippen molar-refractivity contribution in [2.24, 2.45) is 23.7 Å². The summed E-state index contributed by atoms with van der Waals surface area (Å²) in [5.41, 5.74) is 0.262. The largest absolute Gasteiger partial charge is 0.875 e. The molecule has 4 aliphatic carbocycles. The quantitative estimate of drug-likeness (QED) is 0.346. The van der Waals surface area contributed by atoms with E-state index in [4.69, 9.17) is 0 Å². The minimum Gasteiger partial charge on any atom is -0.875 e. The van der Waals surface area contributed by atoms with Crippen LogP contribution in [-0.2, 0) is 24.0 Å². The lowest BCUT2D eigenvalue weighted by molar-refractivity contribution is -0.317. The lowest BCUT2D eigenvalue weighted by atomic mass is 9.76. The molecule has 6 unspecified atom stereocenters. The van der Waals surface area contributed by atoms with Crippen molar-refractivity contribution in [3.05, 3.63) is 47.3 Å². The maximum atomic E-state index is 12.9. The van der Waals surface area contributed by atoms with Crippen LogP contribution in [0.3, 0.4) is 0 Å². The van der Waals surface area contributed by atoms with E-state index >= 15 is 0 Å². The van der Waals surface area contributed by atoms with Gasteiger partial charge in [0.05, 0.1) is 11.5 Å². The fourth-order valence-electron chi connectivity index (χ4n) is 6.26. The van der Waals surface area contributed by atoms with Crippen LogP contribution in [0.15, 0.2) is 47.3 Å². The van der Waals surface area contributed by atoms with Gasteiger partial charge in [0.1, 0.15) is 0 Å². The lowest BCUT2D eigenvalue weighted by Crippen LogP contribution is -2.46. The van der Waals surface area contributed by atoms with Gasteiger partial charge in [0.15, 0.2) is 17.3 Å². The molecule has 3 fully saturated rings. The van der Waals surface area contributed by atoms with Gasteiger partial charge in [0, 0.05) is 43.3 Å². The molecule has 6 atom stereocenters. The van der Waals surface area contributed by atoms with Gasteiger partial charge in [-0.1, -0.05) is 37.1 Å². The molecule has 0 aliphatic heterocycles. The van der Waals surface area contributed by atoms with E-state index in [9.17, 15) is 29.1 Å². The molecule has 0 aromatic carbocycles. The first-order chi connectivity index (χ1) is 16.7. The number of Topliss-reactive ketones (excluding diaryl/α,β-unsaturated/α-hetero) is 3. The smallest absolute Gasteiger partial charge is 0.217 e. The molecule has 3 saturated carbocycles. The minimum atomic E-state index is -0.514. The number of allylic oxidation sites excluding steroid dienone is 8. The van der Waals surface area contributed by atoms with Gasteiger partial charge in [-0.15, -0.1) is 5.76 Å². The molecule has 35 heavy (non-hydrogen) atoms. The molecule has 186 valence electrons. The summed E-state index contributed by atoms with van der Waals surface area (Å²) in [7, 11) is 0. The number of fused-ring (bicyclic) bond motifs is 2. The van der Waals surface area contributed by atoms with E-state index in [1.54, 1.807) is 18.2 Å². The van der Waals surface area contributed by atoms with E-state index in [0.717, 1.165) is 12.8 Å². The summed E-state index contributed by atoms with van der Waals surface area (Å²) >= 11 is 0. The standard InChI is InChI=1S/C27H32N2O6/c1-14(30)28-20-12-6-10-16-22(20)26(34)18(24(16)32)8-4-3-5-9-19-25(33)17-11-7-13-21(29-15(2)31)23(17)27(19)35/h3-5,8-9,16-17,20-23,32H,6-7,10-13H2,1-2H3,(H,28,30)(H,29,31)/p-1. The molecule has 0 bridgehead atoms. The third-order valence-corrected chi connectivity index (χ3v) is 7.66. The van der Waals surface area contributed by atoms with Crippen LogP contribution < -0.4 is 15.7 Å². The summed E-state index contributed by atoms with van der Waals surface area (Å²) in [4.78, 5) is 61.7. The van der Waals surface area contributed by atoms with E-state index in [0.29, 0.717) is 25.7 Å². The zero-order chi connectivity index (χ0) is 25.3. The first kappa shape index (κ1) is 24.8. The normalized spacial score (nSPS) is 34.1. The average Bonchev–Trinajstić information content (AvgIpc) is 3.19. The van der Waals surface area contributed by atoms with Crippen molar-refractivity contribution in [2.45, 2.75) is 64.5 Å². The van der Waals surface area contributed by atoms with Gasteiger partial charge in [-0.2, -0.15) is 0 Å². The van der Waals surface area contributed by atoms with Crippen molar-refractivity contribution in [2.75, 3.05) is 0 Å². The monoisotopic (exact) mass is 479 g/mol. The molecule has 0 radical (unpaired) electrons. The highest BCUT2D eigenvalue weighted by molar-refractivity contribution is 6.27. The fourth-order valence-corrected chi connectivity index (χ4v) is 6.26. The maximum Gasteiger partial charge on any atom is 0.217 e. The summed E-state index contributed by atoms with van der Waals surface area (Å²) in [6, 6.07) is -0.642. The molecule has 4 rings (SSSR count). The minimum absolute atomic E-state index is 0.131. The number of ketones is 3. The Balaban J connectivity index is 1.45. The number of carbonyl (C=O) groups excluding carboxylic acids is 5. The first-order valence-electron chi connectivity index (χ1n) is 12.3. The van der Waals surface area contributed by atoms with Crippen molar-refractivity contribution in [1.29, 1.82) is 0 Å². The molecule has 8 heteroatoms. The molecular weight excluding hydrogens is 448 g/mol. The van der Waals surface area contributed by atoms with Crippen LogP contribution in [0, 0.1) is 23.7 Å². The van der Waals surface area contributed by atoms with Crippen LogP contribution in [0.1, 0.15) is 52.4 Å². The Labute approximate surface area is 204 Å². The fraction of sp³-hybridized carbons (Fsp3) is 0.519. The van der Waals surface area contributed by atoms with Crippen molar-refractivity contribution in [3.8, 4) is 0 Å². The Morgan fingerprint density at radius 3 is 1.94 bits per heavy atom. The van der Waals surface area contributed by atoms with Crippen LogP contribution >= 0.6 is 0 Å². The Morgan fingerprint density at radius 1 is 0.771 bits per heavy atom. The van der Waals surface area contributed by atoms with Crippen LogP contribution in [0.25, 0.3) is 0 Å². The molecular formula is C27H31N2O6-. The van der Waals surface area contributed by atoms with Gasteiger partial charge in [-0.3, -0.25) is 24.0 Å². The van der Waals surface area contributed by atoms with Crippen LogP contribution in [0.5, 0.6) is 0 Å². The van der Waals surface area contributed by atoms with Gasteiger partial charge in [-0.25, -0.2) is 0 Å². The Bertz CT molecular complexity index is 1080. The molecule has 2 amide bonds. The van der Waals surface area contributed by atoms with Gasteiger partial charge in [-0.05, 0) is 37.7 Å². The molecule has 8 nitrogen and oxygen atoms in total. The third-order valence-electron chi connectivity index (χ3n) is 7.66. The van der Waals surface area contributed by atoms with Crippen molar-refractivity contribution in [1.82, 2.24) is 10.6 Å². The lowest BCUT2D eigenvalue weighted by Gasteiger charge is -2.35. The second-order valence-corrected chi connectivity index (χ2v) is 9.94. The Hall–Kier alpha value is -3.29. The van der Waals surface area contributed by atoms with Gasteiger partial charge in [0.25, 0.3) is 0 Å². The molecule has 0 aromatic heterocycles. The van der Waals surface area contributed by atoms with E-state index in [2.05, 4.69) is 10.6 Å². The predicted molar refractivity (Wildman–Crippen MR) is 125 cm³/mol. The maximum absolute atomic E-state index is 12.9. The Kier molecular flexibility index (Phi) is 7.19. The third kappa shape index (κ3) is 4.79. The van der Waals surface area contributed by atoms with Crippen LogP contribution in [0.4, 0.5) is 0 Å². The second kappa shape index (κ2) is 10.1. The SMILES string of the molecule is CC(=O)NC1CCCC2C(=O)C(=CC=CC=CC3=C([O-])C4CCCC(NC(C)=O)C4C3=O)C(=O)C12. The Morgan fingerprint density at radius 2 is 1.34 bits per heavy atom. The number of rotatable bonds is 5. The predicted octanol–water partition coefficient (Wildman–Crippen LogP) is 1.22. The number of carbonyl (C=O) groups is 5. The molecule has 4 aliphatic rings. The van der Waals surface area contributed by atoms with Crippen molar-refractivity contribution >= 4 is 29.2 Å². The zero-order valence-electron chi connectivity index (χ0n) is 20.0. The van der Waals surface area contributed by atoms with Crippen LogP contribution in [0.2, 0.25) is 0 Å². The van der Waals surface area contributed by atoms with Crippen LogP contribution in [-0.4, -0.2) is 41.2 Å². The highest BCUT2D eigenvalue weighted by Gasteiger charge is 2.50. The van der Waals surface area contributed by atoms with Gasteiger partial charge >= 0.3 is 0 Å². The summed E-state index contributed by atoms with van der Waals surface area (Å²) in [5, 5.41) is 18.4. The van der Waals surface area contributed by atoms with Gasteiger partial charge < -0.3 is 15.7 Å². The summed E-state index contributed by atoms with van der Waals surface area (Å²) in [6.07, 6.45) is 11.9. The number of hydrogen-bond donors (Lipinski definition) is 2. The molecule has 0 heterocycles. The highest BCUT2D eigenvalue weighted by atomic mass is 16.3. The summed E-state index contributed by atoms with van der Waals surface area (Å²) in [5.74, 6) is -3.10. The van der Waals surface area contributed by atoms with Crippen molar-refractivity contribution in [3.63, 3.8) is 0 Å². The van der Waals surface area contributed by atoms with Crippen molar-refractivity contribution < 1.29 is 29.1 Å². The molecule has 0 aromatic rings. The van der Waals surface area contributed by atoms with Gasteiger partial charge in [0.2, 0.25) is 11.8 Å². The topological polar surface area (TPSA) is 132 Å². The summed E-state index contributed by atoms with van der Waals surface area (Å²) < 4.78 is 0. The number of amides is 2. The van der Waals surface area contributed by atoms with E-state index in [-0.39, 0.29) is 58.2 Å².